The maximum absolute atomic E-state index is 15.3. The van der Waals surface area contributed by atoms with Gasteiger partial charge in [0.15, 0.2) is 17.4 Å². The van der Waals surface area contributed by atoms with Crippen LogP contribution in [0.4, 0.5) is 26.0 Å². The van der Waals surface area contributed by atoms with Crippen molar-refractivity contribution in [2.24, 2.45) is 0 Å². The minimum absolute atomic E-state index is 0.0609. The molecule has 2 heterocycles. The molecule has 2 aliphatic rings. The number of hydrogen-bond donors (Lipinski definition) is 2. The average Bonchev–Trinajstić information content (AvgIpc) is 3.07. The van der Waals surface area contributed by atoms with Gasteiger partial charge >= 0.3 is 0 Å². The molecular weight excluding hydrogens is 472 g/mol. The van der Waals surface area contributed by atoms with Gasteiger partial charge in [-0.1, -0.05) is 23.3 Å². The summed E-state index contributed by atoms with van der Waals surface area (Å²) in [4.78, 5) is 10.5. The highest BCUT2D eigenvalue weighted by Crippen LogP contribution is 2.38. The molecule has 182 valence electrons. The summed E-state index contributed by atoms with van der Waals surface area (Å²) in [6.45, 7) is 5.75. The molecule has 1 aliphatic carbocycles. The van der Waals surface area contributed by atoms with Crippen LogP contribution in [-0.4, -0.2) is 36.1 Å². The second-order valence-electron chi connectivity index (χ2n) is 8.76. The summed E-state index contributed by atoms with van der Waals surface area (Å²) in [6.07, 6.45) is 5.00. The SMILES string of the molecule is CC1=Cc2c(F)c(Oc3ncnc(Nc4ccc(N5CCNCC5)cc4)c3Cl)cc(F)c2CCC1. The molecule has 9 heteroatoms. The molecule has 0 radical (unpaired) electrons. The minimum atomic E-state index is -0.629. The predicted octanol–water partition coefficient (Wildman–Crippen LogP) is 6.09. The topological polar surface area (TPSA) is 62.3 Å². The molecule has 6 nitrogen and oxygen atoms in total. The third kappa shape index (κ3) is 5.09. The first-order valence-electron chi connectivity index (χ1n) is 11.7. The van der Waals surface area contributed by atoms with Crippen LogP contribution in [-0.2, 0) is 6.42 Å². The van der Waals surface area contributed by atoms with Crippen LogP contribution in [0.15, 0.2) is 42.2 Å². The van der Waals surface area contributed by atoms with E-state index in [1.165, 1.54) is 6.33 Å². The summed E-state index contributed by atoms with van der Waals surface area (Å²) in [5, 5.41) is 6.56. The zero-order valence-corrected chi connectivity index (χ0v) is 20.1. The van der Waals surface area contributed by atoms with Crippen molar-refractivity contribution in [2.45, 2.75) is 26.2 Å². The maximum Gasteiger partial charge on any atom is 0.243 e. The Kier molecular flexibility index (Phi) is 6.83. The largest absolute Gasteiger partial charge is 0.434 e. The lowest BCUT2D eigenvalue weighted by Crippen LogP contribution is -2.43. The third-order valence-electron chi connectivity index (χ3n) is 6.29. The molecule has 2 N–H and O–H groups in total. The van der Waals surface area contributed by atoms with Crippen LogP contribution in [0.5, 0.6) is 11.6 Å². The molecule has 0 bridgehead atoms. The van der Waals surface area contributed by atoms with E-state index in [0.29, 0.717) is 17.8 Å². The Labute approximate surface area is 208 Å². The van der Waals surface area contributed by atoms with Gasteiger partial charge in [0.05, 0.1) is 0 Å². The van der Waals surface area contributed by atoms with E-state index in [1.807, 2.05) is 31.2 Å². The van der Waals surface area contributed by atoms with Crippen LogP contribution in [0.2, 0.25) is 5.02 Å². The molecule has 1 aliphatic heterocycles. The molecule has 1 aromatic heterocycles. The van der Waals surface area contributed by atoms with Gasteiger partial charge in [0.2, 0.25) is 5.88 Å². The van der Waals surface area contributed by atoms with Crippen molar-refractivity contribution in [3.05, 3.63) is 70.0 Å². The summed E-state index contributed by atoms with van der Waals surface area (Å²) in [6, 6.07) is 9.00. The Morgan fingerprint density at radius 3 is 2.63 bits per heavy atom. The first kappa shape index (κ1) is 23.5. The first-order valence-corrected chi connectivity index (χ1v) is 12.1. The van der Waals surface area contributed by atoms with E-state index in [9.17, 15) is 4.39 Å². The number of nitrogens with one attached hydrogen (secondary N) is 2. The van der Waals surface area contributed by atoms with Crippen LogP contribution >= 0.6 is 11.6 Å². The summed E-state index contributed by atoms with van der Waals surface area (Å²) in [5.41, 5.74) is 3.50. The van der Waals surface area contributed by atoms with Crippen molar-refractivity contribution in [1.82, 2.24) is 15.3 Å². The highest BCUT2D eigenvalue weighted by Gasteiger charge is 2.22. The minimum Gasteiger partial charge on any atom is -0.434 e. The quantitative estimate of drug-likeness (QED) is 0.444. The lowest BCUT2D eigenvalue weighted by Gasteiger charge is -2.29. The second kappa shape index (κ2) is 10.2. The molecule has 5 rings (SSSR count). The monoisotopic (exact) mass is 497 g/mol. The van der Waals surface area contributed by atoms with Crippen LogP contribution in [0.1, 0.15) is 30.9 Å². The summed E-state index contributed by atoms with van der Waals surface area (Å²) in [5.74, 6) is -1.16. The zero-order valence-electron chi connectivity index (χ0n) is 19.4. The van der Waals surface area contributed by atoms with Gasteiger partial charge in [-0.3, -0.25) is 0 Å². The van der Waals surface area contributed by atoms with Crippen molar-refractivity contribution in [3.63, 3.8) is 0 Å². The maximum atomic E-state index is 15.3. The molecule has 1 fully saturated rings. The lowest BCUT2D eigenvalue weighted by atomic mass is 10.0. The van der Waals surface area contributed by atoms with Gasteiger partial charge in [-0.15, -0.1) is 0 Å². The highest BCUT2D eigenvalue weighted by atomic mass is 35.5. The van der Waals surface area contributed by atoms with Gasteiger partial charge < -0.3 is 20.3 Å². The molecular formula is C26H26ClF2N5O. The molecule has 1 saturated heterocycles. The number of nitrogens with zero attached hydrogens (tertiary/aromatic N) is 3. The van der Waals surface area contributed by atoms with Crippen LogP contribution in [0.3, 0.4) is 0 Å². The van der Waals surface area contributed by atoms with Gasteiger partial charge in [-0.2, -0.15) is 4.98 Å². The number of aromatic nitrogens is 2. The average molecular weight is 498 g/mol. The fourth-order valence-electron chi connectivity index (χ4n) is 4.43. The number of anilines is 3. The molecule has 0 spiro atoms. The number of benzene rings is 2. The van der Waals surface area contributed by atoms with Crippen LogP contribution in [0.25, 0.3) is 6.08 Å². The number of fused-ring (bicyclic) bond motifs is 1. The van der Waals surface area contributed by atoms with Crippen molar-refractivity contribution in [1.29, 1.82) is 0 Å². The number of ether oxygens (including phenoxy) is 1. The van der Waals surface area contributed by atoms with Crippen molar-refractivity contribution in [3.8, 4) is 11.6 Å². The number of allylic oxidation sites excluding steroid dienone is 1. The summed E-state index contributed by atoms with van der Waals surface area (Å²) >= 11 is 6.49. The summed E-state index contributed by atoms with van der Waals surface area (Å²) in [7, 11) is 0. The molecule has 0 amide bonds. The Morgan fingerprint density at radius 2 is 1.86 bits per heavy atom. The summed E-state index contributed by atoms with van der Waals surface area (Å²) < 4.78 is 35.8. The van der Waals surface area contributed by atoms with Gasteiger partial charge in [0, 0.05) is 49.2 Å². The Morgan fingerprint density at radius 1 is 1.09 bits per heavy atom. The molecule has 0 saturated carbocycles. The first-order chi connectivity index (χ1) is 17.0. The van der Waals surface area contributed by atoms with E-state index in [-0.39, 0.29) is 22.2 Å². The molecule has 35 heavy (non-hydrogen) atoms. The number of piperazine rings is 1. The van der Waals surface area contributed by atoms with E-state index in [0.717, 1.165) is 62.0 Å². The number of halogens is 3. The number of hydrogen-bond acceptors (Lipinski definition) is 6. The third-order valence-corrected chi connectivity index (χ3v) is 6.63. The van der Waals surface area contributed by atoms with E-state index >= 15 is 4.39 Å². The lowest BCUT2D eigenvalue weighted by molar-refractivity contribution is 0.420. The molecule has 0 unspecified atom stereocenters. The van der Waals surface area contributed by atoms with E-state index in [2.05, 4.69) is 25.5 Å². The van der Waals surface area contributed by atoms with Gasteiger partial charge in [-0.05, 0) is 56.0 Å². The van der Waals surface area contributed by atoms with Crippen molar-refractivity contribution in [2.75, 3.05) is 36.4 Å². The Bertz CT molecular complexity index is 1260. The van der Waals surface area contributed by atoms with Crippen LogP contribution < -0.4 is 20.3 Å². The fourth-order valence-corrected chi connectivity index (χ4v) is 4.62. The van der Waals surface area contributed by atoms with Crippen molar-refractivity contribution >= 4 is 34.9 Å². The standard InChI is InChI=1S/C26H26ClF2N5O/c1-16-3-2-4-19-20(13-16)24(29)22(14-21(19)28)35-26-23(27)25(31-15-32-26)33-17-5-7-18(8-6-17)34-11-9-30-10-12-34/h5-8,13-15,30H,2-4,9-12H2,1H3,(H,31,32,33). The zero-order chi connectivity index (χ0) is 24.4. The highest BCUT2D eigenvalue weighted by molar-refractivity contribution is 6.34. The smallest absolute Gasteiger partial charge is 0.243 e. The Balaban J connectivity index is 1.37. The molecule has 0 atom stereocenters. The fraction of sp³-hybridized carbons (Fsp3) is 0.308. The van der Waals surface area contributed by atoms with Gasteiger partial charge in [0.1, 0.15) is 17.2 Å². The van der Waals surface area contributed by atoms with Crippen LogP contribution in [0, 0.1) is 11.6 Å². The Hall–Kier alpha value is -3.23. The second-order valence-corrected chi connectivity index (χ2v) is 9.14. The van der Waals surface area contributed by atoms with E-state index < -0.39 is 11.6 Å². The van der Waals surface area contributed by atoms with E-state index in [4.69, 9.17) is 16.3 Å². The van der Waals surface area contributed by atoms with E-state index in [1.54, 1.807) is 6.08 Å². The van der Waals surface area contributed by atoms with Crippen molar-refractivity contribution < 1.29 is 13.5 Å². The van der Waals surface area contributed by atoms with Gasteiger partial charge in [0.25, 0.3) is 0 Å². The number of rotatable bonds is 5. The molecule has 3 aromatic rings. The normalized spacial score (nSPS) is 15.8. The predicted molar refractivity (Wildman–Crippen MR) is 135 cm³/mol. The molecule has 2 aromatic carbocycles. The van der Waals surface area contributed by atoms with Gasteiger partial charge in [-0.25, -0.2) is 13.8 Å².